The van der Waals surface area contributed by atoms with Crippen molar-refractivity contribution in [2.45, 2.75) is 111 Å². The van der Waals surface area contributed by atoms with Gasteiger partial charge < -0.3 is 5.73 Å². The molecular formula is C46H62FN. The molecule has 2 aromatic rings. The highest BCUT2D eigenvalue weighted by molar-refractivity contribution is 5.61. The Kier molecular flexibility index (Phi) is 11.8. The third kappa shape index (κ3) is 7.07. The Bertz CT molecular complexity index is 1570. The Morgan fingerprint density at radius 2 is 1.67 bits per heavy atom. The van der Waals surface area contributed by atoms with E-state index in [0.717, 1.165) is 53.5 Å². The maximum absolute atomic E-state index is 14.1. The SMILES string of the molecule is C=C(C)c1ccc(Cc2ccc(C(C)CC)c(F)c2)cc1.C=CC(=C)C1CCC2C1(C)CCC1C3(C)C=CC(=C)C=C3CCC12N.CC. The second kappa shape index (κ2) is 15.1. The van der Waals surface area contributed by atoms with Crippen molar-refractivity contribution in [1.82, 2.24) is 0 Å². The van der Waals surface area contributed by atoms with Crippen LogP contribution in [0.15, 0.2) is 110 Å². The second-order valence-corrected chi connectivity index (χ2v) is 15.4. The average molecular weight is 648 g/mol. The third-order valence-corrected chi connectivity index (χ3v) is 12.6. The van der Waals surface area contributed by atoms with Crippen LogP contribution in [0.3, 0.4) is 0 Å². The van der Waals surface area contributed by atoms with Gasteiger partial charge in [-0.2, -0.15) is 0 Å². The van der Waals surface area contributed by atoms with E-state index in [1.165, 1.54) is 36.8 Å². The van der Waals surface area contributed by atoms with Crippen LogP contribution in [0, 0.1) is 34.4 Å². The van der Waals surface area contributed by atoms with E-state index in [2.05, 4.69) is 96.5 Å². The Labute approximate surface area is 292 Å². The fourth-order valence-electron chi connectivity index (χ4n) is 9.68. The minimum Gasteiger partial charge on any atom is -0.325 e. The normalized spacial score (nSPS) is 30.6. The number of nitrogens with two attached hydrogens (primary N) is 1. The molecule has 7 atom stereocenters. The predicted octanol–water partition coefficient (Wildman–Crippen LogP) is 12.7. The molecule has 3 fully saturated rings. The van der Waals surface area contributed by atoms with Gasteiger partial charge in [-0.15, -0.1) is 0 Å². The molecule has 0 amide bonds. The molecule has 0 aromatic heterocycles. The molecule has 2 aromatic carbocycles. The Hall–Kier alpha value is -3.23. The first-order chi connectivity index (χ1) is 22.8. The van der Waals surface area contributed by atoms with Crippen molar-refractivity contribution in [3.05, 3.63) is 138 Å². The lowest BCUT2D eigenvalue weighted by Gasteiger charge is -2.62. The zero-order valence-corrected chi connectivity index (χ0v) is 31.1. The first-order valence-corrected chi connectivity index (χ1v) is 18.5. The van der Waals surface area contributed by atoms with Crippen molar-refractivity contribution < 1.29 is 4.39 Å². The molecule has 3 saturated carbocycles. The zero-order chi connectivity index (χ0) is 35.4. The van der Waals surface area contributed by atoms with Crippen LogP contribution in [0.1, 0.15) is 122 Å². The van der Waals surface area contributed by atoms with E-state index < -0.39 is 0 Å². The molecule has 2 heteroatoms. The molecule has 6 rings (SSSR count). The van der Waals surface area contributed by atoms with Crippen LogP contribution in [0.4, 0.5) is 4.39 Å². The van der Waals surface area contributed by atoms with Crippen molar-refractivity contribution in [2.75, 3.05) is 0 Å². The van der Waals surface area contributed by atoms with E-state index in [-0.39, 0.29) is 28.1 Å². The molecule has 4 aliphatic rings. The summed E-state index contributed by atoms with van der Waals surface area (Å²) >= 11 is 0. The molecule has 0 spiro atoms. The lowest BCUT2D eigenvalue weighted by Crippen LogP contribution is -2.66. The van der Waals surface area contributed by atoms with Gasteiger partial charge in [0.2, 0.25) is 0 Å². The highest BCUT2D eigenvalue weighted by Crippen LogP contribution is 2.67. The highest BCUT2D eigenvalue weighted by Gasteiger charge is 2.64. The number of rotatable bonds is 7. The van der Waals surface area contributed by atoms with Crippen molar-refractivity contribution in [3.8, 4) is 0 Å². The molecular weight excluding hydrogens is 586 g/mol. The predicted molar refractivity (Wildman–Crippen MR) is 207 cm³/mol. The number of allylic oxidation sites excluding steroid dienone is 8. The van der Waals surface area contributed by atoms with E-state index >= 15 is 0 Å². The fourth-order valence-corrected chi connectivity index (χ4v) is 9.68. The topological polar surface area (TPSA) is 26.0 Å². The Morgan fingerprint density at radius 1 is 1.00 bits per heavy atom. The molecule has 0 bridgehead atoms. The summed E-state index contributed by atoms with van der Waals surface area (Å²) in [5, 5.41) is 0. The van der Waals surface area contributed by atoms with Crippen molar-refractivity contribution >= 4 is 5.57 Å². The van der Waals surface area contributed by atoms with Gasteiger partial charge in [-0.05, 0) is 121 Å². The molecule has 48 heavy (non-hydrogen) atoms. The van der Waals surface area contributed by atoms with Gasteiger partial charge in [-0.3, -0.25) is 0 Å². The summed E-state index contributed by atoms with van der Waals surface area (Å²) in [6.45, 7) is 31.4. The van der Waals surface area contributed by atoms with Crippen LogP contribution in [-0.4, -0.2) is 5.54 Å². The summed E-state index contributed by atoms with van der Waals surface area (Å²) in [6, 6.07) is 14.0. The van der Waals surface area contributed by atoms with Gasteiger partial charge in [-0.1, -0.05) is 145 Å². The molecule has 7 unspecified atom stereocenters. The van der Waals surface area contributed by atoms with Gasteiger partial charge >= 0.3 is 0 Å². The van der Waals surface area contributed by atoms with Crippen LogP contribution >= 0.6 is 0 Å². The number of benzene rings is 2. The van der Waals surface area contributed by atoms with Gasteiger partial charge in [0.05, 0.1) is 0 Å². The highest BCUT2D eigenvalue weighted by atomic mass is 19.1. The summed E-state index contributed by atoms with van der Waals surface area (Å²) in [6.07, 6.45) is 17.8. The lowest BCUT2D eigenvalue weighted by atomic mass is 9.44. The third-order valence-electron chi connectivity index (χ3n) is 12.6. The molecule has 0 radical (unpaired) electrons. The quantitative estimate of drug-likeness (QED) is 0.297. The minimum atomic E-state index is -0.0830. The first kappa shape index (κ1) is 37.6. The van der Waals surface area contributed by atoms with E-state index in [1.54, 1.807) is 11.6 Å². The van der Waals surface area contributed by atoms with Gasteiger partial charge in [-0.25, -0.2) is 4.39 Å². The number of hydrogen-bond acceptors (Lipinski definition) is 1. The maximum atomic E-state index is 14.1. The van der Waals surface area contributed by atoms with Crippen molar-refractivity contribution in [1.29, 1.82) is 0 Å². The average Bonchev–Trinajstić information content (AvgIpc) is 3.44. The molecule has 0 saturated heterocycles. The largest absolute Gasteiger partial charge is 0.325 e. The van der Waals surface area contributed by atoms with Gasteiger partial charge in [0, 0.05) is 11.0 Å². The number of hydrogen-bond donors (Lipinski definition) is 1. The monoisotopic (exact) mass is 647 g/mol. The molecule has 1 nitrogen and oxygen atoms in total. The maximum Gasteiger partial charge on any atom is 0.126 e. The van der Waals surface area contributed by atoms with E-state index in [1.807, 2.05) is 39.0 Å². The summed E-state index contributed by atoms with van der Waals surface area (Å²) in [5.74, 6) is 1.88. The summed E-state index contributed by atoms with van der Waals surface area (Å²) in [4.78, 5) is 0. The molecule has 258 valence electrons. The number of fused-ring (bicyclic) bond motifs is 5. The van der Waals surface area contributed by atoms with E-state index in [9.17, 15) is 4.39 Å². The lowest BCUT2D eigenvalue weighted by molar-refractivity contribution is -0.0488. The second-order valence-electron chi connectivity index (χ2n) is 15.4. The van der Waals surface area contributed by atoms with Crippen LogP contribution in [0.2, 0.25) is 0 Å². The first-order valence-electron chi connectivity index (χ1n) is 18.5. The van der Waals surface area contributed by atoms with E-state index in [4.69, 9.17) is 5.73 Å². The Morgan fingerprint density at radius 3 is 2.27 bits per heavy atom. The fraction of sp³-hybridized carbons (Fsp3) is 0.478. The summed E-state index contributed by atoms with van der Waals surface area (Å²) in [7, 11) is 0. The zero-order valence-electron chi connectivity index (χ0n) is 31.1. The molecule has 2 N–H and O–H groups in total. The van der Waals surface area contributed by atoms with Crippen LogP contribution in [-0.2, 0) is 6.42 Å². The molecule has 0 heterocycles. The van der Waals surface area contributed by atoms with Gasteiger partial charge in [0.15, 0.2) is 0 Å². The Balaban J connectivity index is 0.000000210. The van der Waals surface area contributed by atoms with Gasteiger partial charge in [0.1, 0.15) is 5.82 Å². The van der Waals surface area contributed by atoms with E-state index in [0.29, 0.717) is 17.8 Å². The summed E-state index contributed by atoms with van der Waals surface area (Å²) in [5.41, 5.74) is 16.8. The van der Waals surface area contributed by atoms with Crippen LogP contribution < -0.4 is 5.73 Å². The number of halogens is 1. The smallest absolute Gasteiger partial charge is 0.126 e. The minimum absolute atomic E-state index is 0.0572. The van der Waals surface area contributed by atoms with Crippen molar-refractivity contribution in [2.24, 2.45) is 34.3 Å². The molecule has 0 aliphatic heterocycles. The van der Waals surface area contributed by atoms with Crippen molar-refractivity contribution in [3.63, 3.8) is 0 Å². The van der Waals surface area contributed by atoms with Crippen LogP contribution in [0.5, 0.6) is 0 Å². The standard InChI is InChI=1S/C24H33N.C20H23F.C2H6/c1-6-17(3)19-7-8-20-23(19,5)13-11-21-22(4)12-9-16(2)15-18(22)10-14-24(20,21)25;1-5-15(4)19-11-8-17(13-20(19)21)12-16-6-9-18(10-7-16)14(2)3;1-2/h6,9,12,15,19-21H,1-3,7-8,10-11,13-14,25H2,4-5H3;6-11,13,15H,2,5,12H2,1,3-4H3;1-2H3. The summed E-state index contributed by atoms with van der Waals surface area (Å²) < 4.78 is 14.1. The molecule has 4 aliphatic carbocycles. The van der Waals surface area contributed by atoms with Gasteiger partial charge in [0.25, 0.3) is 0 Å². The van der Waals surface area contributed by atoms with Crippen LogP contribution in [0.25, 0.3) is 5.57 Å².